The number of aliphatic carboxylic acids is 1. The second-order valence-corrected chi connectivity index (χ2v) is 2.98. The second kappa shape index (κ2) is 8.83. The Kier molecular flexibility index (Phi) is 10.5. The Morgan fingerprint density at radius 3 is 2.67 bits per heavy atom. The summed E-state index contributed by atoms with van der Waals surface area (Å²) in [6.07, 6.45) is 0.960. The lowest BCUT2D eigenvalue weighted by Gasteiger charge is -2.04. The Labute approximate surface area is 72.5 Å². The van der Waals surface area contributed by atoms with E-state index in [1.54, 1.807) is 0 Å². The molecule has 0 aliphatic heterocycles. The molecule has 0 saturated heterocycles. The summed E-state index contributed by atoms with van der Waals surface area (Å²) in [4.78, 5) is 10.2. The lowest BCUT2D eigenvalue weighted by atomic mass is 10.2. The zero-order valence-corrected chi connectivity index (χ0v) is 7.69. The molecule has 0 rings (SSSR count). The topological polar surface area (TPSA) is 128 Å². The van der Waals surface area contributed by atoms with Crippen LogP contribution >= 0.6 is 8.81 Å². The van der Waals surface area contributed by atoms with Crippen molar-refractivity contribution in [1.82, 2.24) is 6.15 Å². The molecular weight excluding hydrogens is 183 g/mol. The molecule has 0 aliphatic carbocycles. The minimum Gasteiger partial charge on any atom is -0.480 e. The highest BCUT2D eigenvalue weighted by Crippen LogP contribution is 2.12. The van der Waals surface area contributed by atoms with Gasteiger partial charge in [0.05, 0.1) is 0 Å². The van der Waals surface area contributed by atoms with E-state index in [2.05, 4.69) is 4.52 Å². The summed E-state index contributed by atoms with van der Waals surface area (Å²) in [6, 6.07) is -0.815. The fourth-order valence-electron chi connectivity index (χ4n) is 0.456. The third kappa shape index (κ3) is 7.84. The largest absolute Gasteiger partial charge is 0.480 e. The van der Waals surface area contributed by atoms with Gasteiger partial charge in [0.15, 0.2) is 0 Å². The molecule has 74 valence electrons. The van der Waals surface area contributed by atoms with Gasteiger partial charge < -0.3 is 26.6 Å². The van der Waals surface area contributed by atoms with Gasteiger partial charge in [0, 0.05) is 8.81 Å². The van der Waals surface area contributed by atoms with Crippen LogP contribution in [0.15, 0.2) is 0 Å². The first-order valence-corrected chi connectivity index (χ1v) is 4.24. The zero-order valence-electron chi connectivity index (χ0n) is 6.69. The van der Waals surface area contributed by atoms with E-state index in [4.69, 9.17) is 15.9 Å². The summed E-state index contributed by atoms with van der Waals surface area (Å²) in [5.41, 5.74) is 5.19. The number of hydrogen-bond acceptors (Lipinski definition) is 5. The third-order valence-electron chi connectivity index (χ3n) is 1.04. The summed E-state index contributed by atoms with van der Waals surface area (Å²) in [5, 5.41) is 16.5. The zero-order chi connectivity index (χ0) is 8.69. The second-order valence-electron chi connectivity index (χ2n) is 1.90. The van der Waals surface area contributed by atoms with Crippen molar-refractivity contribution in [1.29, 1.82) is 0 Å². The van der Waals surface area contributed by atoms with Crippen molar-refractivity contribution >= 4 is 14.8 Å². The average Bonchev–Trinajstić information content (AvgIpc) is 1.97. The van der Waals surface area contributed by atoms with Gasteiger partial charge in [-0.05, 0) is 12.6 Å². The number of aliphatic hydroxyl groups excluding tert-OH is 1. The van der Waals surface area contributed by atoms with Crippen LogP contribution in [0.25, 0.3) is 0 Å². The quantitative estimate of drug-likeness (QED) is 0.259. The number of hydrogen-bond donors (Lipinski definition) is 4. The van der Waals surface area contributed by atoms with E-state index in [1.807, 2.05) is 0 Å². The van der Waals surface area contributed by atoms with Gasteiger partial charge in [0.25, 0.3) is 0 Å². The smallest absolute Gasteiger partial charge is 0.320 e. The highest BCUT2D eigenvalue weighted by Gasteiger charge is 2.09. The van der Waals surface area contributed by atoms with Crippen molar-refractivity contribution in [2.75, 3.05) is 13.0 Å². The van der Waals surface area contributed by atoms with Gasteiger partial charge in [-0.15, -0.1) is 0 Å². The lowest BCUT2D eigenvalue weighted by molar-refractivity contribution is -0.138. The van der Waals surface area contributed by atoms with Crippen LogP contribution in [-0.4, -0.2) is 35.2 Å². The van der Waals surface area contributed by atoms with Gasteiger partial charge in [0.2, 0.25) is 0 Å². The number of carboxylic acid groups (broad SMARTS) is 1. The summed E-state index contributed by atoms with van der Waals surface area (Å²) in [6.45, 7) is -0.319. The minimum atomic E-state index is -1.00. The van der Waals surface area contributed by atoms with Crippen molar-refractivity contribution < 1.29 is 19.5 Å². The molecule has 2 unspecified atom stereocenters. The van der Waals surface area contributed by atoms with E-state index < -0.39 is 12.0 Å². The van der Waals surface area contributed by atoms with Crippen molar-refractivity contribution in [2.24, 2.45) is 5.73 Å². The van der Waals surface area contributed by atoms with Crippen LogP contribution in [0.1, 0.15) is 6.42 Å². The van der Waals surface area contributed by atoms with Crippen molar-refractivity contribution in [2.45, 2.75) is 12.5 Å². The number of nitrogens with two attached hydrogens (primary N) is 1. The van der Waals surface area contributed by atoms with Gasteiger partial charge in [-0.2, -0.15) is 0 Å². The Morgan fingerprint density at radius 2 is 2.25 bits per heavy atom. The number of aliphatic hydroxyl groups is 1. The van der Waals surface area contributed by atoms with Crippen LogP contribution in [0.4, 0.5) is 0 Å². The van der Waals surface area contributed by atoms with E-state index in [9.17, 15) is 4.79 Å². The molecule has 6 nitrogen and oxygen atoms in total. The van der Waals surface area contributed by atoms with Crippen LogP contribution < -0.4 is 11.9 Å². The Balaban J connectivity index is 0. The minimum absolute atomic E-state index is 0. The molecule has 2 atom stereocenters. The molecule has 0 heterocycles. The molecule has 0 aromatic rings. The molecule has 0 aromatic heterocycles. The van der Waals surface area contributed by atoms with Crippen LogP contribution in [0.2, 0.25) is 0 Å². The Bertz CT molecular complexity index is 124. The summed E-state index contributed by atoms with van der Waals surface area (Å²) >= 11 is 0. The van der Waals surface area contributed by atoms with E-state index >= 15 is 0 Å². The van der Waals surface area contributed by atoms with Crippen molar-refractivity contribution in [3.63, 3.8) is 0 Å². The molecule has 0 bridgehead atoms. The van der Waals surface area contributed by atoms with Crippen molar-refractivity contribution in [3.8, 4) is 0 Å². The average molecular weight is 198 g/mol. The maximum Gasteiger partial charge on any atom is 0.320 e. The lowest BCUT2D eigenvalue weighted by Crippen LogP contribution is -2.30. The molecule has 12 heavy (non-hydrogen) atoms. The molecule has 0 saturated carbocycles. The molecule has 0 spiro atoms. The Morgan fingerprint density at radius 1 is 1.67 bits per heavy atom. The highest BCUT2D eigenvalue weighted by molar-refractivity contribution is 7.32. The van der Waals surface area contributed by atoms with E-state index in [-0.39, 0.29) is 21.8 Å². The first kappa shape index (κ1) is 14.3. The fraction of sp³-hybridized carbons (Fsp3) is 0.800. The molecule has 7 heteroatoms. The SMILES string of the molecule is N.NC(CCPOCO)C(=O)O. The highest BCUT2D eigenvalue weighted by atomic mass is 31.1. The number of rotatable bonds is 6. The molecule has 0 amide bonds. The molecule has 0 radical (unpaired) electrons. The number of carbonyl (C=O) groups is 1. The fourth-order valence-corrected chi connectivity index (χ4v) is 1.12. The molecular formula is C5H15N2O4P. The van der Waals surface area contributed by atoms with Gasteiger partial charge in [0.1, 0.15) is 12.8 Å². The maximum absolute atomic E-state index is 10.2. The summed E-state index contributed by atoms with van der Waals surface area (Å²) in [5.74, 6) is -1.00. The number of carboxylic acids is 1. The van der Waals surface area contributed by atoms with Crippen LogP contribution in [-0.2, 0) is 9.32 Å². The predicted octanol–water partition coefficient (Wildman–Crippen LogP) is -0.490. The van der Waals surface area contributed by atoms with Crippen molar-refractivity contribution in [3.05, 3.63) is 0 Å². The van der Waals surface area contributed by atoms with E-state index in [0.29, 0.717) is 12.6 Å². The van der Waals surface area contributed by atoms with Gasteiger partial charge >= 0.3 is 5.97 Å². The molecule has 0 aliphatic rings. The summed E-state index contributed by atoms with van der Waals surface area (Å²) < 4.78 is 4.60. The monoisotopic (exact) mass is 198 g/mol. The Hall–Kier alpha value is -0.260. The van der Waals surface area contributed by atoms with Gasteiger partial charge in [-0.3, -0.25) is 4.79 Å². The first-order chi connectivity index (χ1) is 5.18. The van der Waals surface area contributed by atoms with E-state index in [0.717, 1.165) is 0 Å². The van der Waals surface area contributed by atoms with Crippen LogP contribution in [0, 0.1) is 0 Å². The first-order valence-electron chi connectivity index (χ1n) is 3.12. The van der Waals surface area contributed by atoms with E-state index in [1.165, 1.54) is 0 Å². The molecule has 0 aromatic carbocycles. The predicted molar refractivity (Wildman–Crippen MR) is 46.6 cm³/mol. The molecule has 7 N–H and O–H groups in total. The van der Waals surface area contributed by atoms with Gasteiger partial charge in [-0.25, -0.2) is 0 Å². The molecule has 0 fully saturated rings. The standard InChI is InChI=1S/C5H12NO4P.H3N/c6-4(5(8)9)1-2-11-10-3-7;/h4,7,11H,1-3,6H2,(H,8,9);1H3. The third-order valence-corrected chi connectivity index (χ3v) is 1.87. The normalized spacial score (nSPS) is 12.8. The van der Waals surface area contributed by atoms with Crippen LogP contribution in [0.3, 0.4) is 0 Å². The van der Waals surface area contributed by atoms with Gasteiger partial charge in [-0.1, -0.05) is 0 Å². The summed E-state index contributed by atoms with van der Waals surface area (Å²) in [7, 11) is 0.124. The maximum atomic E-state index is 10.2. The van der Waals surface area contributed by atoms with Crippen LogP contribution in [0.5, 0.6) is 0 Å².